The predicted molar refractivity (Wildman–Crippen MR) is 79.1 cm³/mol. The van der Waals surface area contributed by atoms with Gasteiger partial charge in [-0.1, -0.05) is 41.0 Å². The van der Waals surface area contributed by atoms with Gasteiger partial charge in [0.15, 0.2) is 0 Å². The van der Waals surface area contributed by atoms with E-state index in [1.54, 1.807) is 7.11 Å². The first kappa shape index (κ1) is 16.5. The molecule has 0 unspecified atom stereocenters. The van der Waals surface area contributed by atoms with Gasteiger partial charge in [-0.15, -0.1) is 0 Å². The van der Waals surface area contributed by atoms with Crippen LogP contribution >= 0.6 is 0 Å². The van der Waals surface area contributed by atoms with E-state index in [1.807, 2.05) is 4.90 Å². The number of hydrogen-bond donors (Lipinski definition) is 0. The third-order valence-electron chi connectivity index (χ3n) is 4.52. The molecule has 1 rings (SSSR count). The number of piperidine rings is 1. The minimum absolute atomic E-state index is 0.226. The van der Waals surface area contributed by atoms with Gasteiger partial charge in [-0.3, -0.25) is 4.79 Å². The van der Waals surface area contributed by atoms with E-state index in [0.717, 1.165) is 38.8 Å². The highest BCUT2D eigenvalue weighted by Crippen LogP contribution is 2.37. The van der Waals surface area contributed by atoms with Crippen LogP contribution in [0.5, 0.6) is 0 Å². The molecule has 112 valence electrons. The highest BCUT2D eigenvalue weighted by Gasteiger charge is 2.37. The molecule has 0 spiro atoms. The van der Waals surface area contributed by atoms with Gasteiger partial charge in [-0.2, -0.15) is 0 Å². The summed E-state index contributed by atoms with van der Waals surface area (Å²) in [5.74, 6) is 0.309. The molecule has 0 aromatic carbocycles. The van der Waals surface area contributed by atoms with Crippen LogP contribution in [0.2, 0.25) is 0 Å². The molecular formula is C16H31NO2. The molecule has 1 aliphatic rings. The second kappa shape index (κ2) is 6.25. The third-order valence-corrected chi connectivity index (χ3v) is 4.52. The van der Waals surface area contributed by atoms with Gasteiger partial charge in [0.05, 0.1) is 6.10 Å². The summed E-state index contributed by atoms with van der Waals surface area (Å²) in [6.45, 7) is 12.6. The summed E-state index contributed by atoms with van der Waals surface area (Å²) in [5.41, 5.74) is -0.0383. The molecule has 0 aliphatic carbocycles. The number of carbonyl (C=O) groups excluding carboxylic acids is 1. The number of methoxy groups -OCH3 is 1. The zero-order valence-electron chi connectivity index (χ0n) is 13.6. The van der Waals surface area contributed by atoms with Gasteiger partial charge in [0.2, 0.25) is 5.91 Å². The maximum Gasteiger partial charge on any atom is 0.228 e. The molecule has 0 aromatic heterocycles. The quantitative estimate of drug-likeness (QED) is 0.765. The molecule has 1 saturated heterocycles. The van der Waals surface area contributed by atoms with Gasteiger partial charge in [0.1, 0.15) is 0 Å². The molecule has 3 nitrogen and oxygen atoms in total. The summed E-state index contributed by atoms with van der Waals surface area (Å²) in [6, 6.07) is 0. The maximum atomic E-state index is 12.7. The van der Waals surface area contributed by atoms with Crippen LogP contribution in [0.3, 0.4) is 0 Å². The zero-order valence-corrected chi connectivity index (χ0v) is 13.6. The van der Waals surface area contributed by atoms with Crippen molar-refractivity contribution in [3.8, 4) is 0 Å². The minimum Gasteiger partial charge on any atom is -0.381 e. The van der Waals surface area contributed by atoms with Crippen LogP contribution < -0.4 is 0 Å². The Morgan fingerprint density at radius 1 is 1.21 bits per heavy atom. The summed E-state index contributed by atoms with van der Waals surface area (Å²) < 4.78 is 5.36. The molecule has 0 radical (unpaired) electrons. The summed E-state index contributed by atoms with van der Waals surface area (Å²) >= 11 is 0. The van der Waals surface area contributed by atoms with E-state index in [2.05, 4.69) is 34.6 Å². The molecule has 1 heterocycles. The van der Waals surface area contributed by atoms with E-state index in [1.165, 1.54) is 0 Å². The molecular weight excluding hydrogens is 238 g/mol. The van der Waals surface area contributed by atoms with E-state index in [4.69, 9.17) is 4.74 Å². The summed E-state index contributed by atoms with van der Waals surface area (Å²) in [5, 5.41) is 0. The van der Waals surface area contributed by atoms with Crippen molar-refractivity contribution in [2.45, 2.75) is 66.4 Å². The Hall–Kier alpha value is -0.570. The van der Waals surface area contributed by atoms with Crippen LogP contribution in [0.25, 0.3) is 0 Å². The number of rotatable bonds is 5. The fraction of sp³-hybridized carbons (Fsp3) is 0.938. The van der Waals surface area contributed by atoms with Crippen molar-refractivity contribution >= 4 is 5.91 Å². The summed E-state index contributed by atoms with van der Waals surface area (Å²) in [7, 11) is 1.76. The second-order valence-electron chi connectivity index (χ2n) is 7.31. The first-order valence-electron chi connectivity index (χ1n) is 7.54. The van der Waals surface area contributed by atoms with E-state index in [9.17, 15) is 4.79 Å². The van der Waals surface area contributed by atoms with E-state index in [-0.39, 0.29) is 10.8 Å². The Morgan fingerprint density at radius 2 is 1.74 bits per heavy atom. The Kier molecular flexibility index (Phi) is 5.43. The number of carbonyl (C=O) groups is 1. The Labute approximate surface area is 118 Å². The molecule has 3 heteroatoms. The standard InChI is InChI=1S/C16H31NO2/c1-7-15(2,3)12-16(4,5)14(18)17-10-8-13(19-6)9-11-17/h13H,7-12H2,1-6H3. The average Bonchev–Trinajstić information content (AvgIpc) is 2.37. The van der Waals surface area contributed by atoms with Gasteiger partial charge in [0.25, 0.3) is 0 Å². The smallest absolute Gasteiger partial charge is 0.228 e. The monoisotopic (exact) mass is 269 g/mol. The largest absolute Gasteiger partial charge is 0.381 e. The van der Waals surface area contributed by atoms with Gasteiger partial charge in [-0.25, -0.2) is 0 Å². The predicted octanol–water partition coefficient (Wildman–Crippen LogP) is 3.48. The van der Waals surface area contributed by atoms with Crippen LogP contribution in [0.1, 0.15) is 60.3 Å². The van der Waals surface area contributed by atoms with E-state index < -0.39 is 0 Å². The average molecular weight is 269 g/mol. The fourth-order valence-corrected chi connectivity index (χ4v) is 3.12. The number of likely N-dealkylation sites (tertiary alicyclic amines) is 1. The first-order valence-corrected chi connectivity index (χ1v) is 7.54. The molecule has 0 N–H and O–H groups in total. The Balaban J connectivity index is 2.61. The lowest BCUT2D eigenvalue weighted by atomic mass is 9.73. The van der Waals surface area contributed by atoms with E-state index in [0.29, 0.717) is 12.0 Å². The molecule has 1 fully saturated rings. The third kappa shape index (κ3) is 4.48. The van der Waals surface area contributed by atoms with Crippen molar-refractivity contribution < 1.29 is 9.53 Å². The van der Waals surface area contributed by atoms with Crippen molar-refractivity contribution in [1.29, 1.82) is 0 Å². The normalized spacial score (nSPS) is 18.7. The van der Waals surface area contributed by atoms with Gasteiger partial charge in [0, 0.05) is 25.6 Å². The Bertz CT molecular complexity index is 302. The Morgan fingerprint density at radius 3 is 2.16 bits per heavy atom. The summed E-state index contributed by atoms with van der Waals surface area (Å²) in [4.78, 5) is 14.7. The molecule has 19 heavy (non-hydrogen) atoms. The molecule has 1 amide bonds. The lowest BCUT2D eigenvalue weighted by Gasteiger charge is -2.39. The number of nitrogens with zero attached hydrogens (tertiary/aromatic N) is 1. The zero-order chi connectivity index (χ0) is 14.7. The highest BCUT2D eigenvalue weighted by atomic mass is 16.5. The van der Waals surface area contributed by atoms with Crippen molar-refractivity contribution in [2.24, 2.45) is 10.8 Å². The van der Waals surface area contributed by atoms with Crippen LogP contribution in [0.15, 0.2) is 0 Å². The van der Waals surface area contributed by atoms with Gasteiger partial charge in [-0.05, 0) is 24.7 Å². The molecule has 0 saturated carbocycles. The molecule has 1 aliphatic heterocycles. The summed E-state index contributed by atoms with van der Waals surface area (Å²) in [6.07, 6.45) is 4.32. The highest BCUT2D eigenvalue weighted by molar-refractivity contribution is 5.82. The van der Waals surface area contributed by atoms with Crippen molar-refractivity contribution in [3.05, 3.63) is 0 Å². The fourth-order valence-electron chi connectivity index (χ4n) is 3.12. The van der Waals surface area contributed by atoms with Crippen molar-refractivity contribution in [2.75, 3.05) is 20.2 Å². The number of ether oxygens (including phenoxy) is 1. The molecule has 0 atom stereocenters. The number of amides is 1. The van der Waals surface area contributed by atoms with Crippen LogP contribution in [-0.4, -0.2) is 37.1 Å². The lowest BCUT2D eigenvalue weighted by Crippen LogP contribution is -2.47. The SMILES string of the molecule is CCC(C)(C)CC(C)(C)C(=O)N1CCC(OC)CC1. The van der Waals surface area contributed by atoms with E-state index >= 15 is 0 Å². The maximum absolute atomic E-state index is 12.7. The topological polar surface area (TPSA) is 29.5 Å². The van der Waals surface area contributed by atoms with Crippen LogP contribution in [0.4, 0.5) is 0 Å². The van der Waals surface area contributed by atoms with Gasteiger partial charge < -0.3 is 9.64 Å². The minimum atomic E-state index is -0.264. The van der Waals surface area contributed by atoms with Gasteiger partial charge >= 0.3 is 0 Å². The van der Waals surface area contributed by atoms with Crippen LogP contribution in [-0.2, 0) is 9.53 Å². The molecule has 0 bridgehead atoms. The number of hydrogen-bond acceptors (Lipinski definition) is 2. The second-order valence-corrected chi connectivity index (χ2v) is 7.31. The van der Waals surface area contributed by atoms with Crippen molar-refractivity contribution in [1.82, 2.24) is 4.90 Å². The van der Waals surface area contributed by atoms with Crippen molar-refractivity contribution in [3.63, 3.8) is 0 Å². The van der Waals surface area contributed by atoms with Crippen LogP contribution in [0, 0.1) is 10.8 Å². The lowest BCUT2D eigenvalue weighted by molar-refractivity contribution is -0.144. The molecule has 0 aromatic rings. The first-order chi connectivity index (χ1) is 8.72.